The molecule has 0 spiro atoms. The van der Waals surface area contributed by atoms with Crippen LogP contribution >= 0.6 is 11.8 Å². The average Bonchev–Trinajstić information content (AvgIpc) is 3.47. The van der Waals surface area contributed by atoms with Gasteiger partial charge in [-0.25, -0.2) is 0 Å². The Morgan fingerprint density at radius 3 is 2.41 bits per heavy atom. The fourth-order valence-electron chi connectivity index (χ4n) is 2.27. The normalized spacial score (nSPS) is 13.0. The van der Waals surface area contributed by atoms with Crippen LogP contribution in [0.15, 0.2) is 29.2 Å². The largest absolute Gasteiger partial charge is 0.456 e. The van der Waals surface area contributed by atoms with Crippen molar-refractivity contribution in [3.8, 4) is 0 Å². The third-order valence-electron chi connectivity index (χ3n) is 4.07. The van der Waals surface area contributed by atoms with Crippen molar-refractivity contribution < 1.29 is 23.9 Å². The fraction of sp³-hybridized carbons (Fsp3) is 0.474. The quantitative estimate of drug-likeness (QED) is 0.370. The number of amides is 2. The number of ether oxygens (including phenoxy) is 1. The van der Waals surface area contributed by atoms with E-state index in [1.165, 1.54) is 11.9 Å². The van der Waals surface area contributed by atoms with Gasteiger partial charge in [-0.1, -0.05) is 12.1 Å². The van der Waals surface area contributed by atoms with Gasteiger partial charge in [-0.3, -0.25) is 19.2 Å². The van der Waals surface area contributed by atoms with E-state index in [2.05, 4.69) is 5.32 Å². The molecule has 1 N–H and O–H groups in total. The molecule has 0 bridgehead atoms. The number of rotatable bonds is 10. The van der Waals surface area contributed by atoms with Crippen LogP contribution in [0, 0.1) is 0 Å². The predicted molar refractivity (Wildman–Crippen MR) is 102 cm³/mol. The molecule has 1 aromatic rings. The van der Waals surface area contributed by atoms with Crippen LogP contribution < -0.4 is 5.32 Å². The summed E-state index contributed by atoms with van der Waals surface area (Å²) in [6.45, 7) is -0.514. The highest BCUT2D eigenvalue weighted by Gasteiger charge is 2.24. The van der Waals surface area contributed by atoms with Gasteiger partial charge in [0.1, 0.15) is 0 Å². The van der Waals surface area contributed by atoms with Gasteiger partial charge in [0, 0.05) is 30.0 Å². The van der Waals surface area contributed by atoms with Gasteiger partial charge in [0.05, 0.1) is 13.0 Å². The SMILES string of the molecule is CSc1ccc(C(=O)CCC(=O)OCC(=O)N(C)CC(=O)NC2CC2)cc1. The minimum atomic E-state index is -0.617. The van der Waals surface area contributed by atoms with Gasteiger partial charge < -0.3 is 15.0 Å². The first-order valence-electron chi connectivity index (χ1n) is 8.75. The Labute approximate surface area is 162 Å². The minimum Gasteiger partial charge on any atom is -0.456 e. The second-order valence-electron chi connectivity index (χ2n) is 6.40. The van der Waals surface area contributed by atoms with Crippen LogP contribution in [0.1, 0.15) is 36.0 Å². The van der Waals surface area contributed by atoms with E-state index >= 15 is 0 Å². The zero-order valence-corrected chi connectivity index (χ0v) is 16.3. The van der Waals surface area contributed by atoms with Crippen LogP contribution in [0.25, 0.3) is 0 Å². The smallest absolute Gasteiger partial charge is 0.306 e. The Morgan fingerprint density at radius 1 is 1.15 bits per heavy atom. The molecule has 0 heterocycles. The predicted octanol–water partition coefficient (Wildman–Crippen LogP) is 1.65. The third kappa shape index (κ3) is 7.42. The molecule has 1 saturated carbocycles. The third-order valence-corrected chi connectivity index (χ3v) is 4.82. The van der Waals surface area contributed by atoms with E-state index in [4.69, 9.17) is 4.74 Å². The fourth-order valence-corrected chi connectivity index (χ4v) is 2.67. The van der Waals surface area contributed by atoms with Crippen LogP contribution in [0.4, 0.5) is 0 Å². The lowest BCUT2D eigenvalue weighted by Gasteiger charge is -2.16. The summed E-state index contributed by atoms with van der Waals surface area (Å²) >= 11 is 1.58. The number of carbonyl (C=O) groups excluding carboxylic acids is 4. The number of nitrogens with zero attached hydrogens (tertiary/aromatic N) is 1. The van der Waals surface area contributed by atoms with Crippen LogP contribution in [-0.2, 0) is 19.1 Å². The van der Waals surface area contributed by atoms with E-state index in [0.29, 0.717) is 5.56 Å². The molecule has 8 heteroatoms. The Bertz CT molecular complexity index is 701. The highest BCUT2D eigenvalue weighted by atomic mass is 32.2. The summed E-state index contributed by atoms with van der Waals surface area (Å²) in [6.07, 6.45) is 3.82. The van der Waals surface area contributed by atoms with Gasteiger partial charge in [0.15, 0.2) is 12.4 Å². The first kappa shape index (κ1) is 21.0. The molecule has 0 aromatic heterocycles. The second kappa shape index (κ2) is 10.1. The standard InChI is InChI=1S/C19H24N2O5S/c1-21(11-17(23)20-14-5-6-14)18(24)12-26-19(25)10-9-16(22)13-3-7-15(27-2)8-4-13/h3-4,7-8,14H,5-6,9-12H2,1-2H3,(H,20,23). The van der Waals surface area contributed by atoms with Gasteiger partial charge in [-0.15, -0.1) is 11.8 Å². The van der Waals surface area contributed by atoms with Crippen molar-refractivity contribution in [2.45, 2.75) is 36.6 Å². The summed E-state index contributed by atoms with van der Waals surface area (Å²) < 4.78 is 4.91. The number of carbonyl (C=O) groups is 4. The van der Waals surface area contributed by atoms with E-state index in [-0.39, 0.29) is 37.1 Å². The number of hydrogen-bond donors (Lipinski definition) is 1. The first-order chi connectivity index (χ1) is 12.9. The molecule has 1 aromatic carbocycles. The highest BCUT2D eigenvalue weighted by molar-refractivity contribution is 7.98. The summed E-state index contributed by atoms with van der Waals surface area (Å²) in [4.78, 5) is 49.6. The molecular formula is C19H24N2O5S. The van der Waals surface area contributed by atoms with Gasteiger partial charge in [0.2, 0.25) is 5.91 Å². The lowest BCUT2D eigenvalue weighted by molar-refractivity contribution is -0.151. The molecule has 0 aliphatic heterocycles. The first-order valence-corrected chi connectivity index (χ1v) is 9.97. The van der Waals surface area contributed by atoms with Crippen molar-refractivity contribution in [3.63, 3.8) is 0 Å². The highest BCUT2D eigenvalue weighted by Crippen LogP contribution is 2.18. The molecule has 0 unspecified atom stereocenters. The Hall–Kier alpha value is -2.35. The van der Waals surface area contributed by atoms with E-state index in [1.807, 2.05) is 18.4 Å². The van der Waals surface area contributed by atoms with E-state index in [9.17, 15) is 19.2 Å². The van der Waals surface area contributed by atoms with Crippen LogP contribution in [0.3, 0.4) is 0 Å². The zero-order valence-electron chi connectivity index (χ0n) is 15.5. The van der Waals surface area contributed by atoms with E-state index < -0.39 is 18.5 Å². The summed E-state index contributed by atoms with van der Waals surface area (Å²) in [5.41, 5.74) is 0.540. The number of ketones is 1. The maximum absolute atomic E-state index is 12.1. The maximum Gasteiger partial charge on any atom is 0.306 e. The summed E-state index contributed by atoms with van der Waals surface area (Å²) in [5.74, 6) is -1.46. The Morgan fingerprint density at radius 2 is 1.81 bits per heavy atom. The van der Waals surface area contributed by atoms with Gasteiger partial charge in [0.25, 0.3) is 5.91 Å². The van der Waals surface area contributed by atoms with Gasteiger partial charge >= 0.3 is 5.97 Å². The maximum atomic E-state index is 12.1. The topological polar surface area (TPSA) is 92.8 Å². The molecule has 0 saturated heterocycles. The molecule has 7 nitrogen and oxygen atoms in total. The monoisotopic (exact) mass is 392 g/mol. The van der Waals surface area contributed by atoms with Crippen LogP contribution in [0.2, 0.25) is 0 Å². The number of esters is 1. The molecular weight excluding hydrogens is 368 g/mol. The van der Waals surface area contributed by atoms with Crippen molar-refractivity contribution in [2.24, 2.45) is 0 Å². The van der Waals surface area contributed by atoms with Crippen molar-refractivity contribution in [1.82, 2.24) is 10.2 Å². The zero-order chi connectivity index (χ0) is 19.8. The van der Waals surface area contributed by atoms with Crippen LogP contribution in [-0.4, -0.2) is 61.0 Å². The number of Topliss-reactive ketones (excluding diaryl/α,β-unsaturated/α-hetero) is 1. The Balaban J connectivity index is 1.66. The second-order valence-corrected chi connectivity index (χ2v) is 7.28. The molecule has 1 aliphatic carbocycles. The molecule has 27 heavy (non-hydrogen) atoms. The molecule has 0 radical (unpaired) electrons. The number of likely N-dealkylation sites (N-methyl/N-ethyl adjacent to an activating group) is 1. The summed E-state index contributed by atoms with van der Waals surface area (Å²) in [5, 5.41) is 2.78. The number of hydrogen-bond acceptors (Lipinski definition) is 6. The number of nitrogens with one attached hydrogen (secondary N) is 1. The number of thioether (sulfide) groups is 1. The molecule has 1 fully saturated rings. The van der Waals surface area contributed by atoms with Crippen molar-refractivity contribution in [1.29, 1.82) is 0 Å². The van der Waals surface area contributed by atoms with Crippen LogP contribution in [0.5, 0.6) is 0 Å². The summed E-state index contributed by atoms with van der Waals surface area (Å²) in [7, 11) is 1.48. The van der Waals surface area contributed by atoms with Gasteiger partial charge in [-0.2, -0.15) is 0 Å². The Kier molecular flexibility index (Phi) is 7.84. The van der Waals surface area contributed by atoms with E-state index in [0.717, 1.165) is 17.7 Å². The molecule has 146 valence electrons. The lowest BCUT2D eigenvalue weighted by atomic mass is 10.1. The van der Waals surface area contributed by atoms with Gasteiger partial charge in [-0.05, 0) is 31.2 Å². The molecule has 2 rings (SSSR count). The molecule has 0 atom stereocenters. The van der Waals surface area contributed by atoms with Crippen molar-refractivity contribution in [3.05, 3.63) is 29.8 Å². The number of benzene rings is 1. The summed E-state index contributed by atoms with van der Waals surface area (Å²) in [6, 6.07) is 7.39. The lowest BCUT2D eigenvalue weighted by Crippen LogP contribution is -2.40. The minimum absolute atomic E-state index is 0.0191. The molecule has 2 amide bonds. The van der Waals surface area contributed by atoms with Crippen molar-refractivity contribution >= 4 is 35.3 Å². The average molecular weight is 392 g/mol. The van der Waals surface area contributed by atoms with E-state index in [1.54, 1.807) is 23.9 Å². The van der Waals surface area contributed by atoms with Crippen molar-refractivity contribution in [2.75, 3.05) is 26.5 Å². The molecule has 1 aliphatic rings.